The van der Waals surface area contributed by atoms with Crippen LogP contribution in [0.1, 0.15) is 84.5 Å². The van der Waals surface area contributed by atoms with E-state index in [9.17, 15) is 14.4 Å². The van der Waals surface area contributed by atoms with Gasteiger partial charge in [-0.25, -0.2) is 14.4 Å². The summed E-state index contributed by atoms with van der Waals surface area (Å²) >= 11 is 0. The Bertz CT molecular complexity index is 1690. The summed E-state index contributed by atoms with van der Waals surface area (Å²) in [4.78, 5) is 45.4. The van der Waals surface area contributed by atoms with Gasteiger partial charge < -0.3 is 47.4 Å². The minimum atomic E-state index is -1.55. The third kappa shape index (κ3) is 6.25. The number of likely N-dealkylation sites (tertiary alicyclic amines) is 1. The van der Waals surface area contributed by atoms with Gasteiger partial charge in [-0.2, -0.15) is 0 Å². The number of hydrogen-bond acceptors (Lipinski definition) is 14. The average molecular weight is 802 g/mol. The van der Waals surface area contributed by atoms with Crippen LogP contribution in [0.2, 0.25) is 0 Å². The van der Waals surface area contributed by atoms with Crippen LogP contribution in [0.15, 0.2) is 24.3 Å². The third-order valence-electron chi connectivity index (χ3n) is 14.3. The van der Waals surface area contributed by atoms with Gasteiger partial charge in [0, 0.05) is 76.0 Å². The molecule has 6 aliphatic rings. The minimum Gasteiger partial charge on any atom is -0.497 e. The quantitative estimate of drug-likeness (QED) is 0.189. The summed E-state index contributed by atoms with van der Waals surface area (Å²) in [6.45, 7) is 14.8. The number of fused-ring (bicyclic) bond motifs is 2. The van der Waals surface area contributed by atoms with Gasteiger partial charge in [-0.3, -0.25) is 4.90 Å². The van der Waals surface area contributed by atoms with Crippen molar-refractivity contribution in [1.29, 1.82) is 0 Å². The van der Waals surface area contributed by atoms with E-state index in [-0.39, 0.29) is 41.9 Å². The lowest BCUT2D eigenvalue weighted by Gasteiger charge is -2.69. The predicted molar refractivity (Wildman–Crippen MR) is 205 cm³/mol. The number of hydrogen-bond donors (Lipinski definition) is 0. The molecule has 7 bridgehead atoms. The van der Waals surface area contributed by atoms with Crippen LogP contribution in [0.25, 0.3) is 0 Å². The van der Waals surface area contributed by atoms with Crippen LogP contribution in [0.3, 0.4) is 0 Å². The molecule has 1 spiro atoms. The number of nitrogens with zero attached hydrogens (tertiary/aromatic N) is 1. The largest absolute Gasteiger partial charge is 0.509 e. The lowest BCUT2D eigenvalue weighted by molar-refractivity contribution is -0.286. The molecule has 0 aromatic heterocycles. The van der Waals surface area contributed by atoms with Crippen molar-refractivity contribution in [3.8, 4) is 5.75 Å². The molecule has 318 valence electrons. The van der Waals surface area contributed by atoms with E-state index >= 15 is 0 Å². The van der Waals surface area contributed by atoms with E-state index in [1.54, 1.807) is 101 Å². The molecule has 0 radical (unpaired) electrons. The number of carbonyl (C=O) groups is 3. The van der Waals surface area contributed by atoms with E-state index in [1.807, 2.05) is 0 Å². The Morgan fingerprint density at radius 2 is 1.40 bits per heavy atom. The Balaban J connectivity index is 1.51. The summed E-state index contributed by atoms with van der Waals surface area (Å²) in [6.07, 6.45) is -2.63. The molecule has 5 saturated carbocycles. The van der Waals surface area contributed by atoms with Crippen LogP contribution in [0.4, 0.5) is 9.59 Å². The molecule has 0 amide bonds. The fourth-order valence-corrected chi connectivity index (χ4v) is 13.1. The molecule has 57 heavy (non-hydrogen) atoms. The van der Waals surface area contributed by atoms with E-state index in [1.165, 1.54) is 0 Å². The van der Waals surface area contributed by atoms with E-state index < -0.39 is 82.2 Å². The van der Waals surface area contributed by atoms with Crippen molar-refractivity contribution >= 4 is 18.3 Å². The van der Waals surface area contributed by atoms with Crippen LogP contribution in [0.5, 0.6) is 5.75 Å². The van der Waals surface area contributed by atoms with Gasteiger partial charge in [-0.15, -0.1) is 0 Å². The first-order valence-corrected chi connectivity index (χ1v) is 20.4. The highest BCUT2D eigenvalue weighted by Crippen LogP contribution is 2.81. The van der Waals surface area contributed by atoms with E-state index in [2.05, 4.69) is 11.8 Å². The number of piperidine rings is 1. The van der Waals surface area contributed by atoms with Gasteiger partial charge in [-0.05, 0) is 97.5 Å². The van der Waals surface area contributed by atoms with Crippen molar-refractivity contribution in [1.82, 2.24) is 4.90 Å². The van der Waals surface area contributed by atoms with Crippen molar-refractivity contribution < 1.29 is 61.8 Å². The molecule has 7 rings (SSSR count). The van der Waals surface area contributed by atoms with Crippen molar-refractivity contribution in [3.63, 3.8) is 0 Å². The molecule has 0 N–H and O–H groups in total. The number of ether oxygens (including phenoxy) is 10. The highest BCUT2D eigenvalue weighted by atomic mass is 16.8. The topological polar surface area (TPSA) is 147 Å². The van der Waals surface area contributed by atoms with E-state index in [0.717, 1.165) is 19.4 Å². The molecular weight excluding hydrogens is 738 g/mol. The Morgan fingerprint density at radius 3 is 1.93 bits per heavy atom. The second-order valence-corrected chi connectivity index (χ2v) is 19.1. The Labute approximate surface area is 336 Å². The van der Waals surface area contributed by atoms with Crippen molar-refractivity contribution in [2.75, 3.05) is 55.2 Å². The summed E-state index contributed by atoms with van der Waals surface area (Å²) < 4.78 is 63.3. The molecule has 1 aromatic carbocycles. The summed E-state index contributed by atoms with van der Waals surface area (Å²) in [5.41, 5.74) is -5.44. The van der Waals surface area contributed by atoms with Gasteiger partial charge in [0.2, 0.25) is 0 Å². The van der Waals surface area contributed by atoms with Crippen molar-refractivity contribution in [3.05, 3.63) is 29.8 Å². The first-order valence-electron chi connectivity index (χ1n) is 20.4. The second kappa shape index (κ2) is 14.5. The lowest BCUT2D eigenvalue weighted by atomic mass is 9.43. The number of benzene rings is 1. The van der Waals surface area contributed by atoms with Gasteiger partial charge in [0.15, 0.2) is 11.7 Å². The summed E-state index contributed by atoms with van der Waals surface area (Å²) in [6, 6.07) is 6.42. The van der Waals surface area contributed by atoms with Crippen LogP contribution >= 0.6 is 0 Å². The molecule has 14 nitrogen and oxygen atoms in total. The van der Waals surface area contributed by atoms with Gasteiger partial charge >= 0.3 is 18.3 Å². The van der Waals surface area contributed by atoms with Crippen LogP contribution < -0.4 is 4.74 Å². The molecule has 5 aliphatic carbocycles. The van der Waals surface area contributed by atoms with Gasteiger partial charge in [0.1, 0.15) is 28.7 Å². The SMILES string of the molecule is CCN1C[C@]2(COC)CC[C@H](OC)[C@@]34[C@@H]5C[C@]6(OC(=O)OC(C)(C)C)[C@@H](OC)C[C@@](OC(=O)OC(C)(C)C)([C@H]5[C@H]6OC(=O)c5ccc(OC)cc5)[C@@H]([C@H](OC)[C@H]23)[C@@H]14. The maximum Gasteiger partial charge on any atom is 0.509 e. The van der Waals surface area contributed by atoms with E-state index in [4.69, 9.17) is 47.4 Å². The van der Waals surface area contributed by atoms with Gasteiger partial charge in [-0.1, -0.05) is 6.92 Å². The zero-order valence-corrected chi connectivity index (χ0v) is 35.7. The molecule has 1 saturated heterocycles. The molecule has 13 atom stereocenters. The molecule has 1 aliphatic heterocycles. The van der Waals surface area contributed by atoms with Crippen molar-refractivity contribution in [2.45, 2.75) is 127 Å². The number of carbonyl (C=O) groups excluding carboxylic acids is 3. The minimum absolute atomic E-state index is 0.111. The van der Waals surface area contributed by atoms with Crippen LogP contribution in [-0.4, -0.2) is 131 Å². The molecule has 6 fully saturated rings. The second-order valence-electron chi connectivity index (χ2n) is 19.1. The third-order valence-corrected chi connectivity index (χ3v) is 14.3. The average Bonchev–Trinajstić information content (AvgIpc) is 3.52. The zero-order valence-electron chi connectivity index (χ0n) is 35.7. The summed E-state index contributed by atoms with van der Waals surface area (Å²) in [7, 11) is 8.32. The Morgan fingerprint density at radius 1 is 0.789 bits per heavy atom. The number of rotatable bonds is 11. The fourth-order valence-electron chi connectivity index (χ4n) is 13.1. The fraction of sp³-hybridized carbons (Fsp3) is 0.791. The Hall–Kier alpha value is -3.17. The first kappa shape index (κ1) is 42.0. The number of esters is 1. The highest BCUT2D eigenvalue weighted by molar-refractivity contribution is 5.89. The zero-order chi connectivity index (χ0) is 41.5. The maximum absolute atomic E-state index is 14.5. The van der Waals surface area contributed by atoms with Gasteiger partial charge in [0.25, 0.3) is 0 Å². The normalized spacial score (nSPS) is 40.2. The Kier molecular flexibility index (Phi) is 10.7. The summed E-state index contributed by atoms with van der Waals surface area (Å²) in [5.74, 6) is -1.77. The van der Waals surface area contributed by atoms with Crippen molar-refractivity contribution in [2.24, 2.45) is 34.5 Å². The molecule has 14 heteroatoms. The molecule has 0 unspecified atom stereocenters. The highest BCUT2D eigenvalue weighted by Gasteiger charge is 2.90. The van der Waals surface area contributed by atoms with E-state index in [0.29, 0.717) is 18.9 Å². The lowest BCUT2D eigenvalue weighted by Crippen LogP contribution is -2.77. The predicted octanol–water partition coefficient (Wildman–Crippen LogP) is 6.06. The van der Waals surface area contributed by atoms with Gasteiger partial charge in [0.05, 0.1) is 31.5 Å². The standard InChI is InChI=1S/C43H63NO13/c1-13-44-22-40(23-48-8)19-18-27(50-10)43-26-20-41(56-36(46)54-38(2,3)4)28(51-11)21-42(57-37(47)55-39(5,6)7,30(33(43)44)31(52-12)32(40)43)29(26)34(41)53-35(45)24-14-16-25(49-9)17-15-24/h14-17,26-34H,13,18-23H2,1-12H3/t26-,27+,28+,29-,30+,31+,32-,33-,34-,40+,41+,42-,43+/m1/s1. The first-order chi connectivity index (χ1) is 26.8. The van der Waals surface area contributed by atoms with Crippen LogP contribution in [-0.2, 0) is 42.6 Å². The maximum atomic E-state index is 14.5. The molecular formula is C43H63NO13. The molecule has 1 heterocycles. The number of methoxy groups -OCH3 is 5. The summed E-state index contributed by atoms with van der Waals surface area (Å²) in [5, 5.41) is 0. The molecule has 1 aromatic rings. The van der Waals surface area contributed by atoms with Crippen LogP contribution in [0, 0.1) is 34.5 Å². The smallest absolute Gasteiger partial charge is 0.497 e. The monoisotopic (exact) mass is 801 g/mol.